The molecule has 0 saturated heterocycles. The number of benzene rings is 1. The van der Waals surface area contributed by atoms with Gasteiger partial charge in [-0.2, -0.15) is 0 Å². The lowest BCUT2D eigenvalue weighted by molar-refractivity contribution is 0.0971. The second kappa shape index (κ2) is 5.87. The maximum Gasteiger partial charge on any atom is 0.293 e. The van der Waals surface area contributed by atoms with E-state index in [9.17, 15) is 14.7 Å². The zero-order valence-corrected chi connectivity index (χ0v) is 12.2. The van der Waals surface area contributed by atoms with E-state index in [1.165, 1.54) is 24.4 Å². The number of carbonyl (C=O) groups excluding carboxylic acids is 1. The summed E-state index contributed by atoms with van der Waals surface area (Å²) >= 11 is 17.4. The summed E-state index contributed by atoms with van der Waals surface area (Å²) in [5.74, 6) is -0.914. The zero-order chi connectivity index (χ0) is 14.9. The zero-order valence-electron chi connectivity index (χ0n) is 9.94. The second-order valence-electron chi connectivity index (χ2n) is 4.02. The van der Waals surface area contributed by atoms with Gasteiger partial charge in [-0.25, -0.2) is 0 Å². The van der Waals surface area contributed by atoms with Crippen LogP contribution in [0.2, 0.25) is 15.1 Å². The molecule has 7 heteroatoms. The molecule has 1 heterocycles. The van der Waals surface area contributed by atoms with Gasteiger partial charge in [0.1, 0.15) is 0 Å². The Morgan fingerprint density at radius 1 is 1.15 bits per heavy atom. The van der Waals surface area contributed by atoms with Crippen LogP contribution in [-0.4, -0.2) is 15.5 Å². The van der Waals surface area contributed by atoms with Gasteiger partial charge in [-0.3, -0.25) is 9.59 Å². The molecule has 0 aliphatic rings. The lowest BCUT2D eigenvalue weighted by atomic mass is 10.1. The number of halogens is 3. The van der Waals surface area contributed by atoms with Gasteiger partial charge >= 0.3 is 0 Å². The van der Waals surface area contributed by atoms with E-state index in [-0.39, 0.29) is 22.2 Å². The summed E-state index contributed by atoms with van der Waals surface area (Å²) in [6.45, 7) is -0.283. The number of Topliss-reactive ketones (excluding diaryl/α,β-unsaturated/α-hetero) is 1. The van der Waals surface area contributed by atoms with Crippen molar-refractivity contribution in [1.29, 1.82) is 0 Å². The summed E-state index contributed by atoms with van der Waals surface area (Å²) in [4.78, 5) is 23.8. The molecule has 1 N–H and O–H groups in total. The fourth-order valence-electron chi connectivity index (χ4n) is 1.66. The molecule has 0 aliphatic carbocycles. The van der Waals surface area contributed by atoms with Crippen molar-refractivity contribution >= 4 is 40.6 Å². The Morgan fingerprint density at radius 2 is 1.85 bits per heavy atom. The summed E-state index contributed by atoms with van der Waals surface area (Å²) in [6, 6.07) is 5.55. The molecule has 0 fully saturated rings. The maximum atomic E-state index is 12.1. The van der Waals surface area contributed by atoms with E-state index >= 15 is 0 Å². The molecule has 1 aromatic heterocycles. The third kappa shape index (κ3) is 3.15. The first-order valence-electron chi connectivity index (χ1n) is 5.45. The molecule has 2 rings (SSSR count). The Balaban J connectivity index is 2.35. The SMILES string of the molecule is O=C(Cn1cc(Cl)cc(O)c1=O)c1ccc(Cl)cc1Cl. The van der Waals surface area contributed by atoms with Crippen LogP contribution in [0.1, 0.15) is 10.4 Å². The van der Waals surface area contributed by atoms with Crippen LogP contribution in [0.5, 0.6) is 5.75 Å². The minimum absolute atomic E-state index is 0.150. The van der Waals surface area contributed by atoms with Crippen molar-refractivity contribution in [2.45, 2.75) is 6.54 Å². The molecular weight excluding hydrogens is 325 g/mol. The highest BCUT2D eigenvalue weighted by molar-refractivity contribution is 6.36. The summed E-state index contributed by atoms with van der Waals surface area (Å²) in [5.41, 5.74) is -0.463. The van der Waals surface area contributed by atoms with Gasteiger partial charge in [-0.15, -0.1) is 0 Å². The first kappa shape index (κ1) is 14.9. The van der Waals surface area contributed by atoms with E-state index in [0.717, 1.165) is 10.6 Å². The predicted octanol–water partition coefficient (Wildman–Crippen LogP) is 3.40. The second-order valence-corrected chi connectivity index (χ2v) is 5.30. The summed E-state index contributed by atoms with van der Waals surface area (Å²) in [6.07, 6.45) is 1.27. The molecule has 0 atom stereocenters. The topological polar surface area (TPSA) is 59.3 Å². The van der Waals surface area contributed by atoms with E-state index in [4.69, 9.17) is 34.8 Å². The quantitative estimate of drug-likeness (QED) is 0.876. The van der Waals surface area contributed by atoms with Crippen molar-refractivity contribution in [2.75, 3.05) is 0 Å². The number of hydrogen-bond acceptors (Lipinski definition) is 3. The minimum atomic E-state index is -0.701. The van der Waals surface area contributed by atoms with Crippen LogP contribution in [0.15, 0.2) is 35.3 Å². The van der Waals surface area contributed by atoms with Crippen LogP contribution in [0, 0.1) is 0 Å². The largest absolute Gasteiger partial charge is 0.503 e. The van der Waals surface area contributed by atoms with Crippen molar-refractivity contribution < 1.29 is 9.90 Å². The van der Waals surface area contributed by atoms with Crippen molar-refractivity contribution in [1.82, 2.24) is 4.57 Å². The molecule has 20 heavy (non-hydrogen) atoms. The van der Waals surface area contributed by atoms with Gasteiger partial charge in [0.25, 0.3) is 5.56 Å². The van der Waals surface area contributed by atoms with Crippen molar-refractivity contribution in [3.63, 3.8) is 0 Å². The standard InChI is InChI=1S/C13H8Cl3NO3/c14-7-1-2-9(10(16)3-7)12(19)6-17-5-8(15)4-11(18)13(17)20/h1-5,18H,6H2. The average Bonchev–Trinajstić information content (AvgIpc) is 2.35. The Bertz CT molecular complexity index is 740. The first-order chi connectivity index (χ1) is 9.38. The van der Waals surface area contributed by atoms with E-state index in [2.05, 4.69) is 0 Å². The predicted molar refractivity (Wildman–Crippen MR) is 78.2 cm³/mol. The molecular formula is C13H8Cl3NO3. The lowest BCUT2D eigenvalue weighted by Gasteiger charge is -2.08. The van der Waals surface area contributed by atoms with Crippen molar-refractivity contribution in [2.24, 2.45) is 0 Å². The molecule has 0 bridgehead atoms. The van der Waals surface area contributed by atoms with Gasteiger partial charge < -0.3 is 9.67 Å². The van der Waals surface area contributed by atoms with Gasteiger partial charge in [-0.1, -0.05) is 34.8 Å². The lowest BCUT2D eigenvalue weighted by Crippen LogP contribution is -2.23. The van der Waals surface area contributed by atoms with Crippen LogP contribution in [0.25, 0.3) is 0 Å². The van der Waals surface area contributed by atoms with Gasteiger partial charge in [-0.05, 0) is 18.2 Å². The van der Waals surface area contributed by atoms with Gasteiger partial charge in [0.2, 0.25) is 0 Å². The van der Waals surface area contributed by atoms with Gasteiger partial charge in [0.05, 0.1) is 16.6 Å². The van der Waals surface area contributed by atoms with Crippen molar-refractivity contribution in [3.05, 3.63) is 61.4 Å². The number of aromatic nitrogens is 1. The van der Waals surface area contributed by atoms with Crippen LogP contribution in [-0.2, 0) is 6.54 Å². The number of hydrogen-bond donors (Lipinski definition) is 1. The minimum Gasteiger partial charge on any atom is -0.503 e. The van der Waals surface area contributed by atoms with Crippen LogP contribution in [0.4, 0.5) is 0 Å². The van der Waals surface area contributed by atoms with Gasteiger partial charge in [0.15, 0.2) is 11.5 Å². The molecule has 0 spiro atoms. The third-order valence-electron chi connectivity index (χ3n) is 2.58. The van der Waals surface area contributed by atoms with E-state index in [1.807, 2.05) is 0 Å². The fraction of sp³-hybridized carbons (Fsp3) is 0.0769. The molecule has 0 aliphatic heterocycles. The number of rotatable bonds is 3. The average molecular weight is 333 g/mol. The molecule has 4 nitrogen and oxygen atoms in total. The Labute approximate surface area is 129 Å². The van der Waals surface area contributed by atoms with E-state index in [0.29, 0.717) is 5.02 Å². The van der Waals surface area contributed by atoms with Crippen LogP contribution in [0.3, 0.4) is 0 Å². The first-order valence-corrected chi connectivity index (χ1v) is 6.59. The summed E-state index contributed by atoms with van der Waals surface area (Å²) in [5, 5.41) is 10.1. The smallest absolute Gasteiger partial charge is 0.293 e. The number of ketones is 1. The highest BCUT2D eigenvalue weighted by atomic mass is 35.5. The summed E-state index contributed by atoms with van der Waals surface area (Å²) in [7, 11) is 0. The molecule has 0 amide bonds. The Morgan fingerprint density at radius 3 is 2.50 bits per heavy atom. The van der Waals surface area contributed by atoms with E-state index in [1.54, 1.807) is 0 Å². The van der Waals surface area contributed by atoms with Crippen LogP contribution >= 0.6 is 34.8 Å². The molecule has 2 aromatic rings. The van der Waals surface area contributed by atoms with E-state index < -0.39 is 17.1 Å². The normalized spacial score (nSPS) is 10.6. The van der Waals surface area contributed by atoms with Crippen LogP contribution < -0.4 is 5.56 Å². The highest BCUT2D eigenvalue weighted by Gasteiger charge is 2.14. The molecule has 104 valence electrons. The Hall–Kier alpha value is -1.49. The fourth-order valence-corrected chi connectivity index (χ4v) is 2.39. The maximum absolute atomic E-state index is 12.1. The monoisotopic (exact) mass is 331 g/mol. The van der Waals surface area contributed by atoms with Crippen molar-refractivity contribution in [3.8, 4) is 5.75 Å². The highest BCUT2D eigenvalue weighted by Crippen LogP contribution is 2.22. The Kier molecular flexibility index (Phi) is 4.38. The molecule has 1 aromatic carbocycles. The molecule has 0 radical (unpaired) electrons. The molecule has 0 saturated carbocycles. The molecule has 0 unspecified atom stereocenters. The number of nitrogens with zero attached hydrogens (tertiary/aromatic N) is 1. The summed E-state index contributed by atoms with van der Waals surface area (Å²) < 4.78 is 1.02. The van der Waals surface area contributed by atoms with Gasteiger partial charge in [0, 0.05) is 22.8 Å². The third-order valence-corrected chi connectivity index (χ3v) is 3.33. The number of aromatic hydroxyl groups is 1. The number of pyridine rings is 1. The number of carbonyl (C=O) groups is 1.